The maximum Gasteiger partial charge on any atom is 0.508 e. The van der Waals surface area contributed by atoms with E-state index in [1.54, 1.807) is 43.4 Å². The summed E-state index contributed by atoms with van der Waals surface area (Å²) in [5.74, 6) is -1.24. The van der Waals surface area contributed by atoms with Crippen molar-refractivity contribution in [3.8, 4) is 0 Å². The highest BCUT2D eigenvalue weighted by molar-refractivity contribution is 6.31. The van der Waals surface area contributed by atoms with E-state index in [9.17, 15) is 9.59 Å². The number of esters is 1. The molecule has 0 aromatic heterocycles. The summed E-state index contributed by atoms with van der Waals surface area (Å²) in [5, 5.41) is 2.21. The number of rotatable bonds is 4. The number of ether oxygens (including phenoxy) is 3. The van der Waals surface area contributed by atoms with Crippen LogP contribution in [0.2, 0.25) is 5.02 Å². The normalized spacial score (nSPS) is 25.1. The van der Waals surface area contributed by atoms with Crippen LogP contribution in [0.5, 0.6) is 0 Å². The van der Waals surface area contributed by atoms with Crippen molar-refractivity contribution >= 4 is 23.7 Å². The molecular formula is C18H22ClNO6. The number of hydrogen-bond acceptors (Lipinski definition) is 7. The van der Waals surface area contributed by atoms with Crippen LogP contribution >= 0.6 is 11.6 Å². The Labute approximate surface area is 157 Å². The molecule has 3 rings (SSSR count). The first-order valence-electron chi connectivity index (χ1n) is 8.60. The molecule has 142 valence electrons. The number of benzene rings is 1. The van der Waals surface area contributed by atoms with Crippen molar-refractivity contribution in [3.63, 3.8) is 0 Å². The fourth-order valence-electron chi connectivity index (χ4n) is 3.63. The van der Waals surface area contributed by atoms with E-state index in [0.29, 0.717) is 36.5 Å². The highest BCUT2D eigenvalue weighted by Crippen LogP contribution is 2.47. The molecule has 1 aromatic rings. The fourth-order valence-corrected chi connectivity index (χ4v) is 3.88. The maximum absolute atomic E-state index is 12.7. The lowest BCUT2D eigenvalue weighted by Gasteiger charge is -2.39. The Hall–Kier alpha value is -1.83. The van der Waals surface area contributed by atoms with Crippen molar-refractivity contribution in [2.24, 2.45) is 0 Å². The van der Waals surface area contributed by atoms with Gasteiger partial charge in [0, 0.05) is 31.0 Å². The molecule has 2 unspecified atom stereocenters. The molecule has 2 aliphatic rings. The lowest BCUT2D eigenvalue weighted by Crippen LogP contribution is -2.51. The largest absolute Gasteiger partial charge is 0.508 e. The van der Waals surface area contributed by atoms with Crippen molar-refractivity contribution in [1.82, 2.24) is 5.06 Å². The van der Waals surface area contributed by atoms with Crippen LogP contribution < -0.4 is 0 Å². The second-order valence-corrected chi connectivity index (χ2v) is 6.73. The van der Waals surface area contributed by atoms with Crippen LogP contribution in [0.15, 0.2) is 24.3 Å². The first-order chi connectivity index (χ1) is 12.5. The average molecular weight is 384 g/mol. The van der Waals surface area contributed by atoms with Gasteiger partial charge < -0.3 is 19.0 Å². The lowest BCUT2D eigenvalue weighted by molar-refractivity contribution is -0.193. The first kappa shape index (κ1) is 18.9. The van der Waals surface area contributed by atoms with E-state index in [0.717, 1.165) is 0 Å². The third kappa shape index (κ3) is 3.51. The summed E-state index contributed by atoms with van der Waals surface area (Å²) in [4.78, 5) is 30.0. The minimum absolute atomic E-state index is 0.182. The molecule has 2 heterocycles. The van der Waals surface area contributed by atoms with E-state index in [1.165, 1.54) is 0 Å². The van der Waals surface area contributed by atoms with E-state index >= 15 is 0 Å². The Balaban J connectivity index is 1.94. The molecular weight excluding hydrogens is 362 g/mol. The molecule has 0 amide bonds. The second kappa shape index (κ2) is 7.82. The molecule has 2 fully saturated rings. The molecule has 7 nitrogen and oxygen atoms in total. The smallest absolute Gasteiger partial charge is 0.454 e. The standard InChI is InChI=1S/C18H22ClNO6/c1-3-24-17(22)25-15-14(12-6-4-5-7-13(12)19)16(21)26-18(15)8-10-20(23-2)11-9-18/h4-7,14-15H,3,8-11H2,1-2H3. The fraction of sp³-hybridized carbons (Fsp3) is 0.556. The van der Waals surface area contributed by atoms with E-state index in [1.807, 2.05) is 0 Å². The van der Waals surface area contributed by atoms with Gasteiger partial charge in [0.15, 0.2) is 11.7 Å². The summed E-state index contributed by atoms with van der Waals surface area (Å²) in [7, 11) is 1.60. The van der Waals surface area contributed by atoms with Gasteiger partial charge in [0.25, 0.3) is 0 Å². The summed E-state index contributed by atoms with van der Waals surface area (Å²) in [6.45, 7) is 2.99. The zero-order chi connectivity index (χ0) is 18.7. The van der Waals surface area contributed by atoms with Crippen molar-refractivity contribution in [3.05, 3.63) is 34.9 Å². The number of carbonyl (C=O) groups is 2. The molecule has 2 saturated heterocycles. The number of carbonyl (C=O) groups excluding carboxylic acids is 2. The van der Waals surface area contributed by atoms with E-state index in [-0.39, 0.29) is 6.61 Å². The van der Waals surface area contributed by atoms with Crippen LogP contribution in [-0.2, 0) is 23.8 Å². The molecule has 1 aromatic carbocycles. The number of nitrogens with zero attached hydrogens (tertiary/aromatic N) is 1. The number of piperidine rings is 1. The summed E-state index contributed by atoms with van der Waals surface area (Å²) in [5.41, 5.74) is -0.331. The van der Waals surface area contributed by atoms with Gasteiger partial charge in [0.1, 0.15) is 5.92 Å². The molecule has 8 heteroatoms. The van der Waals surface area contributed by atoms with Crippen LogP contribution in [0.3, 0.4) is 0 Å². The first-order valence-corrected chi connectivity index (χ1v) is 8.98. The van der Waals surface area contributed by atoms with Gasteiger partial charge in [-0.1, -0.05) is 29.8 Å². The van der Waals surface area contributed by atoms with Crippen molar-refractivity contribution in [1.29, 1.82) is 0 Å². The third-order valence-electron chi connectivity index (χ3n) is 4.93. The summed E-state index contributed by atoms with van der Waals surface area (Å²) in [6, 6.07) is 7.01. The molecule has 0 bridgehead atoms. The van der Waals surface area contributed by atoms with E-state index < -0.39 is 29.7 Å². The maximum atomic E-state index is 12.7. The van der Waals surface area contributed by atoms with Crippen LogP contribution in [0.1, 0.15) is 31.2 Å². The van der Waals surface area contributed by atoms with Gasteiger partial charge in [0.2, 0.25) is 0 Å². The predicted octanol–water partition coefficient (Wildman–Crippen LogP) is 2.92. The summed E-state index contributed by atoms with van der Waals surface area (Å²) >= 11 is 6.30. The molecule has 0 radical (unpaired) electrons. The van der Waals surface area contributed by atoms with Gasteiger partial charge >= 0.3 is 12.1 Å². The van der Waals surface area contributed by atoms with E-state index in [2.05, 4.69) is 0 Å². The molecule has 0 saturated carbocycles. The zero-order valence-corrected chi connectivity index (χ0v) is 15.5. The molecule has 2 aliphatic heterocycles. The van der Waals surface area contributed by atoms with Gasteiger partial charge in [0.05, 0.1) is 13.7 Å². The minimum Gasteiger partial charge on any atom is -0.454 e. The van der Waals surface area contributed by atoms with Crippen LogP contribution in [0.4, 0.5) is 4.79 Å². The van der Waals surface area contributed by atoms with Crippen LogP contribution in [0.25, 0.3) is 0 Å². The van der Waals surface area contributed by atoms with Gasteiger partial charge in [-0.25, -0.2) is 4.79 Å². The van der Waals surface area contributed by atoms with Gasteiger partial charge in [-0.3, -0.25) is 4.79 Å². The second-order valence-electron chi connectivity index (χ2n) is 6.32. The minimum atomic E-state index is -0.914. The van der Waals surface area contributed by atoms with Crippen LogP contribution in [-0.4, -0.2) is 55.7 Å². The molecule has 26 heavy (non-hydrogen) atoms. The molecule has 0 aliphatic carbocycles. The van der Waals surface area contributed by atoms with Gasteiger partial charge in [-0.15, -0.1) is 0 Å². The van der Waals surface area contributed by atoms with E-state index in [4.69, 9.17) is 30.6 Å². The quantitative estimate of drug-likeness (QED) is 0.740. The Kier molecular flexibility index (Phi) is 5.70. The topological polar surface area (TPSA) is 74.3 Å². The predicted molar refractivity (Wildman–Crippen MR) is 92.7 cm³/mol. The number of hydrogen-bond donors (Lipinski definition) is 0. The van der Waals surface area contributed by atoms with Gasteiger partial charge in [-0.2, -0.15) is 5.06 Å². The third-order valence-corrected chi connectivity index (χ3v) is 5.28. The monoisotopic (exact) mass is 383 g/mol. The molecule has 2 atom stereocenters. The van der Waals surface area contributed by atoms with Crippen molar-refractivity contribution < 1.29 is 28.6 Å². The SMILES string of the molecule is CCOC(=O)OC1C(c2ccccc2Cl)C(=O)OC12CCN(OC)CC2. The molecule has 1 spiro atoms. The van der Waals surface area contributed by atoms with Crippen LogP contribution in [0, 0.1) is 0 Å². The number of hydroxylamine groups is 2. The zero-order valence-electron chi connectivity index (χ0n) is 14.8. The number of halogens is 1. The lowest BCUT2D eigenvalue weighted by atomic mass is 9.80. The Morgan fingerprint density at radius 1 is 1.35 bits per heavy atom. The summed E-state index contributed by atoms with van der Waals surface area (Å²) < 4.78 is 16.3. The van der Waals surface area contributed by atoms with Gasteiger partial charge in [-0.05, 0) is 18.6 Å². The Morgan fingerprint density at radius 2 is 2.04 bits per heavy atom. The average Bonchev–Trinajstić information content (AvgIpc) is 2.88. The highest BCUT2D eigenvalue weighted by atomic mass is 35.5. The highest BCUT2D eigenvalue weighted by Gasteiger charge is 2.60. The molecule has 0 N–H and O–H groups in total. The summed E-state index contributed by atoms with van der Waals surface area (Å²) in [6.07, 6.45) is -0.663. The Bertz CT molecular complexity index is 673. The van der Waals surface area contributed by atoms with Crippen molar-refractivity contribution in [2.75, 3.05) is 26.8 Å². The Morgan fingerprint density at radius 3 is 2.65 bits per heavy atom. The van der Waals surface area contributed by atoms with Crippen molar-refractivity contribution in [2.45, 2.75) is 37.4 Å².